The van der Waals surface area contributed by atoms with E-state index in [1.807, 2.05) is 27.9 Å². The van der Waals surface area contributed by atoms with Crippen LogP contribution in [0.25, 0.3) is 5.69 Å². The maximum absolute atomic E-state index is 4.75. The maximum Gasteiger partial charge on any atom is 0.177 e. The Morgan fingerprint density at radius 3 is 2.48 bits per heavy atom. The summed E-state index contributed by atoms with van der Waals surface area (Å²) in [6.45, 7) is 4.81. The highest BCUT2D eigenvalue weighted by atomic mass is 79.9. The van der Waals surface area contributed by atoms with Gasteiger partial charge in [0.15, 0.2) is 5.84 Å². The van der Waals surface area contributed by atoms with Crippen molar-refractivity contribution < 1.29 is 0 Å². The summed E-state index contributed by atoms with van der Waals surface area (Å²) in [5.74, 6) is 0.750. The van der Waals surface area contributed by atoms with Crippen molar-refractivity contribution in [2.45, 2.75) is 25.4 Å². The Hall–Kier alpha value is -2.29. The number of hydrazone groups is 1. The normalized spacial score (nSPS) is 13.6. The van der Waals surface area contributed by atoms with Crippen molar-refractivity contribution in [3.8, 4) is 5.69 Å². The summed E-state index contributed by atoms with van der Waals surface area (Å²) >= 11 is 8.22. The van der Waals surface area contributed by atoms with Crippen LogP contribution in [0.15, 0.2) is 63.3 Å². The molecule has 0 atom stereocenters. The molecular formula is C19H19BrN6S. The molecular weight excluding hydrogens is 424 g/mol. The topological polar surface area (TPSA) is 57.5 Å². The number of para-hydroxylation sites is 1. The van der Waals surface area contributed by atoms with Gasteiger partial charge < -0.3 is 0 Å². The number of rotatable bonds is 4. The van der Waals surface area contributed by atoms with Gasteiger partial charge in [-0.3, -0.25) is 5.01 Å². The lowest BCUT2D eigenvalue weighted by Crippen LogP contribution is -2.40. The van der Waals surface area contributed by atoms with E-state index in [-0.39, 0.29) is 0 Å². The number of amidine groups is 1. The molecule has 0 saturated heterocycles. The molecule has 1 aliphatic rings. The Kier molecular flexibility index (Phi) is 4.94. The van der Waals surface area contributed by atoms with Crippen molar-refractivity contribution in [1.29, 1.82) is 0 Å². The predicted octanol–water partition coefficient (Wildman–Crippen LogP) is 3.73. The Balaban J connectivity index is 1.65. The van der Waals surface area contributed by atoms with Gasteiger partial charge in [-0.1, -0.05) is 46.3 Å². The van der Waals surface area contributed by atoms with Gasteiger partial charge >= 0.3 is 0 Å². The summed E-state index contributed by atoms with van der Waals surface area (Å²) in [7, 11) is 0. The zero-order chi connectivity index (χ0) is 19.0. The number of aryl methyl sites for hydroxylation is 2. The fourth-order valence-electron chi connectivity index (χ4n) is 3.15. The number of thiol groups is 1. The minimum Gasteiger partial charge on any atom is -0.266 e. The molecule has 0 spiro atoms. The van der Waals surface area contributed by atoms with Crippen LogP contribution in [0, 0.1) is 13.8 Å². The highest BCUT2D eigenvalue weighted by molar-refractivity contribution is 9.10. The van der Waals surface area contributed by atoms with Crippen molar-refractivity contribution in [2.24, 2.45) is 5.10 Å². The molecule has 6 nitrogen and oxygen atoms in total. The highest BCUT2D eigenvalue weighted by Crippen LogP contribution is 2.25. The molecule has 3 aromatic rings. The van der Waals surface area contributed by atoms with E-state index in [1.54, 1.807) is 6.20 Å². The lowest BCUT2D eigenvalue weighted by atomic mass is 10.1. The molecule has 0 bridgehead atoms. The second-order valence-corrected chi connectivity index (χ2v) is 7.74. The SMILES string of the molecule is Cc1cccc(C)c1-n1ncc(C2=NNNN2Cc2ccc(Br)cc2)c1S. The average molecular weight is 443 g/mol. The van der Waals surface area contributed by atoms with Gasteiger partial charge in [0.1, 0.15) is 5.03 Å². The molecule has 2 aromatic carbocycles. The number of hydrogen-bond acceptors (Lipinski definition) is 6. The van der Waals surface area contributed by atoms with Gasteiger partial charge in [-0.25, -0.2) is 10.2 Å². The number of benzene rings is 2. The van der Waals surface area contributed by atoms with Crippen LogP contribution in [0.4, 0.5) is 0 Å². The van der Waals surface area contributed by atoms with Crippen LogP contribution in [0.3, 0.4) is 0 Å². The summed E-state index contributed by atoms with van der Waals surface area (Å²) in [5, 5.41) is 11.6. The Labute approximate surface area is 171 Å². The van der Waals surface area contributed by atoms with Crippen LogP contribution < -0.4 is 11.1 Å². The molecule has 1 aromatic heterocycles. The van der Waals surface area contributed by atoms with E-state index in [2.05, 4.69) is 75.3 Å². The van der Waals surface area contributed by atoms with Crippen LogP contribution in [-0.4, -0.2) is 20.6 Å². The first-order chi connectivity index (χ1) is 13.0. The maximum atomic E-state index is 4.75. The van der Waals surface area contributed by atoms with Crippen LogP contribution in [0.5, 0.6) is 0 Å². The second-order valence-electron chi connectivity index (χ2n) is 6.41. The van der Waals surface area contributed by atoms with Gasteiger partial charge in [0, 0.05) is 4.47 Å². The number of halogens is 1. The number of aromatic nitrogens is 2. The largest absolute Gasteiger partial charge is 0.266 e. The molecule has 8 heteroatoms. The number of hydrogen-bond donors (Lipinski definition) is 3. The zero-order valence-electron chi connectivity index (χ0n) is 14.9. The summed E-state index contributed by atoms with van der Waals surface area (Å²) in [6.07, 6.45) is 1.80. The molecule has 27 heavy (non-hydrogen) atoms. The lowest BCUT2D eigenvalue weighted by Gasteiger charge is -2.19. The molecule has 2 heterocycles. The van der Waals surface area contributed by atoms with Crippen molar-refractivity contribution in [2.75, 3.05) is 0 Å². The zero-order valence-corrected chi connectivity index (χ0v) is 17.4. The molecule has 138 valence electrons. The van der Waals surface area contributed by atoms with Gasteiger partial charge in [-0.05, 0) is 42.7 Å². The van der Waals surface area contributed by atoms with Crippen molar-refractivity contribution >= 4 is 34.4 Å². The fraction of sp³-hybridized carbons (Fsp3) is 0.158. The third-order valence-electron chi connectivity index (χ3n) is 4.49. The first-order valence-corrected chi connectivity index (χ1v) is 9.73. The van der Waals surface area contributed by atoms with Crippen LogP contribution in [0.2, 0.25) is 0 Å². The standard InChI is InChI=1S/C19H19BrN6S/c1-12-4-3-5-13(2)17(12)26-19(27)16(10-21-26)18-22-23-24-25(18)11-14-6-8-15(20)9-7-14/h3-10,23-24,27H,11H2,1-2H3. The molecule has 0 radical (unpaired) electrons. The minimum absolute atomic E-state index is 0.654. The van der Waals surface area contributed by atoms with Gasteiger partial charge in [-0.15, -0.1) is 23.3 Å². The van der Waals surface area contributed by atoms with Gasteiger partial charge in [-0.2, -0.15) is 5.10 Å². The number of hydrazine groups is 2. The van der Waals surface area contributed by atoms with E-state index in [1.165, 1.54) is 0 Å². The van der Waals surface area contributed by atoms with E-state index >= 15 is 0 Å². The molecule has 0 amide bonds. The summed E-state index contributed by atoms with van der Waals surface area (Å²) in [5.41, 5.74) is 11.3. The Morgan fingerprint density at radius 2 is 1.78 bits per heavy atom. The number of nitrogens with one attached hydrogen (secondary N) is 2. The van der Waals surface area contributed by atoms with E-state index in [4.69, 9.17) is 12.6 Å². The van der Waals surface area contributed by atoms with E-state index in [0.29, 0.717) is 6.54 Å². The summed E-state index contributed by atoms with van der Waals surface area (Å²) in [6, 6.07) is 14.4. The average Bonchev–Trinajstić information content (AvgIpc) is 3.24. The monoisotopic (exact) mass is 442 g/mol. The van der Waals surface area contributed by atoms with E-state index < -0.39 is 0 Å². The second kappa shape index (κ2) is 7.38. The third kappa shape index (κ3) is 3.47. The Bertz CT molecular complexity index is 991. The van der Waals surface area contributed by atoms with Crippen LogP contribution in [0.1, 0.15) is 22.3 Å². The molecule has 0 unspecified atom stereocenters. The summed E-state index contributed by atoms with van der Waals surface area (Å²) < 4.78 is 2.92. The fourth-order valence-corrected chi connectivity index (χ4v) is 3.72. The molecule has 4 rings (SSSR count). The van der Waals surface area contributed by atoms with Gasteiger partial charge in [0.25, 0.3) is 0 Å². The molecule has 1 aliphatic heterocycles. The highest BCUT2D eigenvalue weighted by Gasteiger charge is 2.24. The predicted molar refractivity (Wildman–Crippen MR) is 113 cm³/mol. The first kappa shape index (κ1) is 18.1. The quantitative estimate of drug-likeness (QED) is 0.538. The molecule has 0 saturated carbocycles. The first-order valence-electron chi connectivity index (χ1n) is 8.49. The van der Waals surface area contributed by atoms with Crippen LogP contribution >= 0.6 is 28.6 Å². The van der Waals surface area contributed by atoms with Crippen LogP contribution in [-0.2, 0) is 6.54 Å². The molecule has 0 fully saturated rings. The van der Waals surface area contributed by atoms with Gasteiger partial charge in [0.05, 0.1) is 24.0 Å². The van der Waals surface area contributed by atoms with Gasteiger partial charge in [0.2, 0.25) is 0 Å². The van der Waals surface area contributed by atoms with E-state index in [0.717, 1.165) is 43.3 Å². The van der Waals surface area contributed by atoms with Crippen molar-refractivity contribution in [3.63, 3.8) is 0 Å². The summed E-state index contributed by atoms with van der Waals surface area (Å²) in [4.78, 5) is 0. The smallest absolute Gasteiger partial charge is 0.177 e. The lowest BCUT2D eigenvalue weighted by molar-refractivity contribution is 0.288. The molecule has 0 aliphatic carbocycles. The third-order valence-corrected chi connectivity index (χ3v) is 5.45. The van der Waals surface area contributed by atoms with Crippen molar-refractivity contribution in [3.05, 3.63) is 75.4 Å². The number of nitrogens with zero attached hydrogens (tertiary/aromatic N) is 4. The van der Waals surface area contributed by atoms with E-state index in [9.17, 15) is 0 Å². The minimum atomic E-state index is 0.654. The van der Waals surface area contributed by atoms with Crippen molar-refractivity contribution in [1.82, 2.24) is 25.9 Å². The Morgan fingerprint density at radius 1 is 1.07 bits per heavy atom. The molecule has 2 N–H and O–H groups in total.